The molecule has 2 aromatic carbocycles. The number of nitrogens with two attached hydrogens (primary N) is 1. The number of nitrogens with one attached hydrogen (secondary N) is 1. The minimum Gasteiger partial charge on any atom is -0.340 e. The van der Waals surface area contributed by atoms with Gasteiger partial charge in [0.05, 0.1) is 5.54 Å². The van der Waals surface area contributed by atoms with Gasteiger partial charge in [0.25, 0.3) is 5.91 Å². The second-order valence-corrected chi connectivity index (χ2v) is 7.63. The number of aromatic nitrogens is 2. The Kier molecular flexibility index (Phi) is 6.57. The number of hydrogen-bond donors (Lipinski definition) is 2. The van der Waals surface area contributed by atoms with Crippen LogP contribution in [0.4, 0.5) is 0 Å². The molecule has 1 fully saturated rings. The van der Waals surface area contributed by atoms with Crippen LogP contribution in [0.2, 0.25) is 5.02 Å². The molecule has 4 rings (SSSR count). The third kappa shape index (κ3) is 4.78. The lowest BCUT2D eigenvalue weighted by molar-refractivity contribution is 0.0928. The van der Waals surface area contributed by atoms with Crippen LogP contribution in [0.25, 0.3) is 0 Å². The number of rotatable bonds is 6. The van der Waals surface area contributed by atoms with Crippen molar-refractivity contribution < 1.29 is 9.32 Å². The molecule has 1 amide bonds. The van der Waals surface area contributed by atoms with Crippen LogP contribution >= 0.6 is 24.0 Å². The molecule has 1 aliphatic rings. The van der Waals surface area contributed by atoms with Gasteiger partial charge in [-0.3, -0.25) is 4.79 Å². The molecule has 6 nitrogen and oxygen atoms in total. The Balaban J connectivity index is 0.00000240. The Morgan fingerprint density at radius 2 is 1.86 bits per heavy atom. The summed E-state index contributed by atoms with van der Waals surface area (Å²) in [5.74, 6) is 0.633. The number of halogens is 2. The van der Waals surface area contributed by atoms with Crippen molar-refractivity contribution in [3.63, 3.8) is 0 Å². The topological polar surface area (TPSA) is 94.0 Å². The van der Waals surface area contributed by atoms with Gasteiger partial charge in [-0.2, -0.15) is 4.98 Å². The highest BCUT2D eigenvalue weighted by Gasteiger charge is 2.39. The van der Waals surface area contributed by atoms with E-state index in [9.17, 15) is 4.79 Å². The fourth-order valence-corrected chi connectivity index (χ4v) is 3.38. The van der Waals surface area contributed by atoms with Gasteiger partial charge in [-0.1, -0.05) is 47.1 Å². The molecule has 0 radical (unpaired) electrons. The van der Waals surface area contributed by atoms with Gasteiger partial charge in [0.2, 0.25) is 5.89 Å². The monoisotopic (exact) mass is 432 g/mol. The second kappa shape index (κ2) is 8.95. The zero-order chi connectivity index (χ0) is 19.6. The Bertz CT molecular complexity index is 956. The van der Waals surface area contributed by atoms with Gasteiger partial charge in [0.1, 0.15) is 6.04 Å². The Labute approximate surface area is 180 Å². The first-order valence-electron chi connectivity index (χ1n) is 9.27. The fraction of sp³-hybridized carbons (Fsp3) is 0.286. The van der Waals surface area contributed by atoms with Crippen LogP contribution in [0.3, 0.4) is 0 Å². The summed E-state index contributed by atoms with van der Waals surface area (Å²) in [5.41, 5.74) is 7.36. The minimum absolute atomic E-state index is 0. The molecule has 1 saturated carbocycles. The van der Waals surface area contributed by atoms with Crippen molar-refractivity contribution in [2.45, 2.75) is 37.3 Å². The lowest BCUT2D eigenvalue weighted by Crippen LogP contribution is -2.44. The summed E-state index contributed by atoms with van der Waals surface area (Å²) >= 11 is 5.91. The highest BCUT2D eigenvalue weighted by atomic mass is 35.5. The smallest absolute Gasteiger partial charge is 0.251 e. The Hall–Kier alpha value is -2.41. The van der Waals surface area contributed by atoms with Gasteiger partial charge in [0, 0.05) is 17.0 Å². The van der Waals surface area contributed by atoms with Crippen molar-refractivity contribution >= 4 is 29.9 Å². The third-order valence-electron chi connectivity index (χ3n) is 5.13. The molecule has 0 saturated heterocycles. The van der Waals surface area contributed by atoms with Crippen molar-refractivity contribution in [1.29, 1.82) is 0 Å². The first kappa shape index (κ1) is 21.3. The summed E-state index contributed by atoms with van der Waals surface area (Å²) < 4.78 is 5.50. The molecule has 0 bridgehead atoms. The predicted molar refractivity (Wildman–Crippen MR) is 113 cm³/mol. The van der Waals surface area contributed by atoms with E-state index in [1.54, 1.807) is 24.3 Å². The molecule has 8 heteroatoms. The lowest BCUT2D eigenvalue weighted by Gasteiger charge is -2.34. The molecule has 152 valence electrons. The predicted octanol–water partition coefficient (Wildman–Crippen LogP) is 4.20. The molecule has 1 unspecified atom stereocenters. The first-order chi connectivity index (χ1) is 13.5. The summed E-state index contributed by atoms with van der Waals surface area (Å²) in [6.45, 7) is 0. The maximum absolute atomic E-state index is 12.7. The standard InChI is InChI=1S/C21H21ClN4O2.ClH/c22-16-9-7-15(8-10-16)18(27)24-17(13-14-5-2-1-3-6-14)19-25-20(26-28-19)21(23)11-4-12-21;/h1-3,5-10,17H,4,11-13,23H2,(H,24,27);1H. The van der Waals surface area contributed by atoms with E-state index >= 15 is 0 Å². The zero-order valence-corrected chi connectivity index (χ0v) is 17.2. The quantitative estimate of drug-likeness (QED) is 0.608. The molecule has 0 spiro atoms. The highest BCUT2D eigenvalue weighted by molar-refractivity contribution is 6.30. The van der Waals surface area contributed by atoms with Gasteiger partial charge < -0.3 is 15.6 Å². The average Bonchev–Trinajstić information content (AvgIpc) is 3.17. The van der Waals surface area contributed by atoms with Gasteiger partial charge in [-0.15, -0.1) is 12.4 Å². The lowest BCUT2D eigenvalue weighted by atomic mass is 9.77. The van der Waals surface area contributed by atoms with Crippen molar-refractivity contribution in [3.05, 3.63) is 82.5 Å². The summed E-state index contributed by atoms with van der Waals surface area (Å²) in [7, 11) is 0. The number of amides is 1. The number of carbonyl (C=O) groups is 1. The van der Waals surface area contributed by atoms with Crippen LogP contribution < -0.4 is 11.1 Å². The van der Waals surface area contributed by atoms with E-state index in [-0.39, 0.29) is 18.3 Å². The van der Waals surface area contributed by atoms with E-state index in [0.717, 1.165) is 24.8 Å². The van der Waals surface area contributed by atoms with Gasteiger partial charge >= 0.3 is 0 Å². The normalized spacial score (nSPS) is 15.7. The fourth-order valence-electron chi connectivity index (χ4n) is 3.25. The molecule has 1 aliphatic carbocycles. The first-order valence-corrected chi connectivity index (χ1v) is 9.65. The Morgan fingerprint density at radius 3 is 2.48 bits per heavy atom. The molecule has 1 atom stereocenters. The van der Waals surface area contributed by atoms with Gasteiger partial charge in [-0.05, 0) is 49.1 Å². The number of carbonyl (C=O) groups excluding carboxylic acids is 1. The molecular weight excluding hydrogens is 411 g/mol. The maximum atomic E-state index is 12.7. The van der Waals surface area contributed by atoms with E-state index in [2.05, 4.69) is 15.5 Å². The van der Waals surface area contributed by atoms with Crippen LogP contribution in [-0.2, 0) is 12.0 Å². The molecular formula is C21H22Cl2N4O2. The number of hydrogen-bond acceptors (Lipinski definition) is 5. The van der Waals surface area contributed by atoms with Gasteiger partial charge in [-0.25, -0.2) is 0 Å². The summed E-state index contributed by atoms with van der Waals surface area (Å²) in [4.78, 5) is 17.3. The summed E-state index contributed by atoms with van der Waals surface area (Å²) in [6, 6.07) is 16.1. The minimum atomic E-state index is -0.515. The van der Waals surface area contributed by atoms with Crippen LogP contribution in [0.1, 0.15) is 52.9 Å². The van der Waals surface area contributed by atoms with Crippen LogP contribution in [0.5, 0.6) is 0 Å². The van der Waals surface area contributed by atoms with E-state index < -0.39 is 11.6 Å². The summed E-state index contributed by atoms with van der Waals surface area (Å²) in [6.07, 6.45) is 3.26. The van der Waals surface area contributed by atoms with E-state index in [0.29, 0.717) is 28.7 Å². The molecule has 3 N–H and O–H groups in total. The molecule has 29 heavy (non-hydrogen) atoms. The van der Waals surface area contributed by atoms with Crippen molar-refractivity contribution in [2.75, 3.05) is 0 Å². The van der Waals surface area contributed by atoms with Crippen LogP contribution in [-0.4, -0.2) is 16.0 Å². The maximum Gasteiger partial charge on any atom is 0.251 e. The second-order valence-electron chi connectivity index (χ2n) is 7.19. The average molecular weight is 433 g/mol. The van der Waals surface area contributed by atoms with Gasteiger partial charge in [0.15, 0.2) is 5.82 Å². The Morgan fingerprint density at radius 1 is 1.17 bits per heavy atom. The van der Waals surface area contributed by atoms with E-state index in [4.69, 9.17) is 21.9 Å². The van der Waals surface area contributed by atoms with Crippen molar-refractivity contribution in [1.82, 2.24) is 15.5 Å². The molecule has 1 aromatic heterocycles. The largest absolute Gasteiger partial charge is 0.340 e. The number of benzene rings is 2. The number of nitrogens with zero attached hydrogens (tertiary/aromatic N) is 2. The van der Waals surface area contributed by atoms with E-state index in [1.807, 2.05) is 30.3 Å². The van der Waals surface area contributed by atoms with Crippen LogP contribution in [0, 0.1) is 0 Å². The van der Waals surface area contributed by atoms with E-state index in [1.165, 1.54) is 0 Å². The van der Waals surface area contributed by atoms with Crippen molar-refractivity contribution in [2.24, 2.45) is 5.73 Å². The van der Waals surface area contributed by atoms with Crippen molar-refractivity contribution in [3.8, 4) is 0 Å². The molecule has 0 aliphatic heterocycles. The third-order valence-corrected chi connectivity index (χ3v) is 5.38. The molecule has 1 heterocycles. The summed E-state index contributed by atoms with van der Waals surface area (Å²) in [5, 5.41) is 7.66. The molecule has 3 aromatic rings. The zero-order valence-electron chi connectivity index (χ0n) is 15.7. The van der Waals surface area contributed by atoms with Crippen LogP contribution in [0.15, 0.2) is 59.1 Å². The highest BCUT2D eigenvalue weighted by Crippen LogP contribution is 2.37. The SMILES string of the molecule is Cl.NC1(c2noc(C(Cc3ccccc3)NC(=O)c3ccc(Cl)cc3)n2)CCC1.